The average Bonchev–Trinajstić information content (AvgIpc) is 3.14. The van der Waals surface area contributed by atoms with Gasteiger partial charge in [0.25, 0.3) is 0 Å². The first-order valence-corrected chi connectivity index (χ1v) is 11.3. The van der Waals surface area contributed by atoms with Gasteiger partial charge < -0.3 is 10.5 Å². The van der Waals surface area contributed by atoms with Crippen LogP contribution in [0.3, 0.4) is 0 Å². The van der Waals surface area contributed by atoms with Crippen LogP contribution in [0.25, 0.3) is 11.3 Å². The minimum Gasteiger partial charge on any atom is -0.496 e. The minimum absolute atomic E-state index is 0.182. The number of halogens is 1. The molecule has 30 heavy (non-hydrogen) atoms. The largest absolute Gasteiger partial charge is 0.496 e. The molecule has 0 fully saturated rings. The molecule has 2 N–H and O–H groups in total. The van der Waals surface area contributed by atoms with Crippen LogP contribution in [-0.4, -0.2) is 12.1 Å². The third-order valence-corrected chi connectivity index (χ3v) is 6.38. The van der Waals surface area contributed by atoms with Crippen LogP contribution in [0.1, 0.15) is 52.7 Å². The van der Waals surface area contributed by atoms with Crippen LogP contribution in [0, 0.1) is 25.7 Å². The van der Waals surface area contributed by atoms with Crippen molar-refractivity contribution in [3.05, 3.63) is 68.5 Å². The van der Waals surface area contributed by atoms with E-state index in [4.69, 9.17) is 27.1 Å². The minimum atomic E-state index is -0.427. The molecular formula is C25H27ClN2OS. The van der Waals surface area contributed by atoms with Gasteiger partial charge in [0.2, 0.25) is 0 Å². The zero-order chi connectivity index (χ0) is 21.7. The number of aromatic nitrogens is 1. The molecule has 0 radical (unpaired) electrons. The van der Waals surface area contributed by atoms with Gasteiger partial charge in [0, 0.05) is 16.4 Å². The van der Waals surface area contributed by atoms with Gasteiger partial charge >= 0.3 is 0 Å². The standard InChI is InChI=1S/C25H27ClN2OS/c1-5-9-18(19-10-7-6-8-11-19)12-13-22(27)25-28-24(17(3)30-25)20-14-16(2)23(29-4)15-21(20)26/h6-8,10-11,14-15,18,22H,5,9,27H2,1-4H3/t18-,22?/m1/s1. The van der Waals surface area contributed by atoms with E-state index in [0.29, 0.717) is 5.02 Å². The molecule has 2 atom stereocenters. The third kappa shape index (κ3) is 5.05. The Hall–Kier alpha value is -2.32. The Labute approximate surface area is 188 Å². The lowest BCUT2D eigenvalue weighted by atomic mass is 9.95. The molecule has 2 aromatic carbocycles. The van der Waals surface area contributed by atoms with E-state index >= 15 is 0 Å². The van der Waals surface area contributed by atoms with E-state index < -0.39 is 6.04 Å². The maximum atomic E-state index is 6.51. The number of hydrogen-bond acceptors (Lipinski definition) is 4. The second kappa shape index (κ2) is 10.1. The van der Waals surface area contributed by atoms with E-state index in [1.165, 1.54) is 5.56 Å². The molecule has 156 valence electrons. The van der Waals surface area contributed by atoms with Crippen molar-refractivity contribution in [1.82, 2.24) is 4.98 Å². The predicted molar refractivity (Wildman–Crippen MR) is 127 cm³/mol. The first-order valence-electron chi connectivity index (χ1n) is 10.1. The molecule has 0 spiro atoms. The quantitative estimate of drug-likeness (QED) is 0.437. The fraction of sp³-hybridized carbons (Fsp3) is 0.320. The van der Waals surface area contributed by atoms with Crippen LogP contribution >= 0.6 is 22.9 Å². The van der Waals surface area contributed by atoms with E-state index in [1.807, 2.05) is 32.0 Å². The van der Waals surface area contributed by atoms with Crippen molar-refractivity contribution >= 4 is 22.9 Å². The highest BCUT2D eigenvalue weighted by Gasteiger charge is 2.18. The summed E-state index contributed by atoms with van der Waals surface area (Å²) in [7, 11) is 1.64. The highest BCUT2D eigenvalue weighted by Crippen LogP contribution is 2.37. The topological polar surface area (TPSA) is 48.1 Å². The van der Waals surface area contributed by atoms with Gasteiger partial charge in [-0.15, -0.1) is 11.3 Å². The maximum Gasteiger partial charge on any atom is 0.123 e. The van der Waals surface area contributed by atoms with Crippen LogP contribution in [0.15, 0.2) is 42.5 Å². The number of thiazole rings is 1. The second-order valence-electron chi connectivity index (χ2n) is 7.28. The zero-order valence-corrected chi connectivity index (χ0v) is 19.4. The molecule has 0 saturated carbocycles. The summed E-state index contributed by atoms with van der Waals surface area (Å²) in [6.45, 7) is 6.21. The van der Waals surface area contributed by atoms with Crippen LogP contribution in [0.5, 0.6) is 5.75 Å². The second-order valence-corrected chi connectivity index (χ2v) is 8.92. The number of hydrogen-bond donors (Lipinski definition) is 1. The lowest BCUT2D eigenvalue weighted by Crippen LogP contribution is -2.08. The summed E-state index contributed by atoms with van der Waals surface area (Å²) in [5, 5.41) is 1.42. The van der Waals surface area contributed by atoms with Gasteiger partial charge in [0.05, 0.1) is 17.8 Å². The summed E-state index contributed by atoms with van der Waals surface area (Å²) in [5.74, 6) is 7.58. The smallest absolute Gasteiger partial charge is 0.123 e. The number of methoxy groups -OCH3 is 1. The first-order chi connectivity index (χ1) is 14.4. The molecule has 0 saturated heterocycles. The molecule has 1 heterocycles. The SMILES string of the molecule is CCC[C@H](C#CC(N)c1nc(-c2cc(C)c(OC)cc2Cl)c(C)s1)c1ccccc1. The van der Waals surface area contributed by atoms with E-state index in [-0.39, 0.29) is 5.92 Å². The normalized spacial score (nSPS) is 12.7. The van der Waals surface area contributed by atoms with E-state index in [1.54, 1.807) is 18.4 Å². The molecule has 0 aliphatic rings. The Morgan fingerprint density at radius 3 is 2.57 bits per heavy atom. The van der Waals surface area contributed by atoms with Crippen molar-refractivity contribution < 1.29 is 4.74 Å². The summed E-state index contributed by atoms with van der Waals surface area (Å²) in [5.41, 5.74) is 10.4. The molecule has 0 aliphatic heterocycles. The summed E-state index contributed by atoms with van der Waals surface area (Å²) >= 11 is 8.08. The van der Waals surface area contributed by atoms with Gasteiger partial charge in [0.1, 0.15) is 16.8 Å². The Kier molecular flexibility index (Phi) is 7.55. The fourth-order valence-corrected chi connectivity index (χ4v) is 4.54. The van der Waals surface area contributed by atoms with Crippen molar-refractivity contribution in [2.45, 2.75) is 45.6 Å². The first kappa shape index (κ1) is 22.4. The Morgan fingerprint density at radius 1 is 1.17 bits per heavy atom. The van der Waals surface area contributed by atoms with Crippen LogP contribution in [0.4, 0.5) is 0 Å². The van der Waals surface area contributed by atoms with Gasteiger partial charge in [-0.2, -0.15) is 0 Å². The molecule has 1 unspecified atom stereocenters. The maximum absolute atomic E-state index is 6.51. The molecule has 0 bridgehead atoms. The average molecular weight is 439 g/mol. The Bertz CT molecular complexity index is 1070. The predicted octanol–water partition coefficient (Wildman–Crippen LogP) is 6.68. The van der Waals surface area contributed by atoms with Crippen LogP contribution in [-0.2, 0) is 0 Å². The van der Waals surface area contributed by atoms with Crippen molar-refractivity contribution in [2.24, 2.45) is 5.73 Å². The van der Waals surface area contributed by atoms with Gasteiger partial charge in [0.15, 0.2) is 0 Å². The summed E-state index contributed by atoms with van der Waals surface area (Å²) in [4.78, 5) is 5.87. The number of nitrogens with zero attached hydrogens (tertiary/aromatic N) is 1. The molecule has 3 aromatic rings. The molecule has 3 nitrogen and oxygen atoms in total. The van der Waals surface area contributed by atoms with Crippen molar-refractivity contribution in [2.75, 3.05) is 7.11 Å². The van der Waals surface area contributed by atoms with Crippen molar-refractivity contribution in [3.8, 4) is 28.8 Å². The number of nitrogens with two attached hydrogens (primary N) is 1. The van der Waals surface area contributed by atoms with Gasteiger partial charge in [-0.1, -0.05) is 67.1 Å². The molecule has 0 amide bonds. The lowest BCUT2D eigenvalue weighted by molar-refractivity contribution is 0.412. The highest BCUT2D eigenvalue weighted by molar-refractivity contribution is 7.12. The monoisotopic (exact) mass is 438 g/mol. The van der Waals surface area contributed by atoms with E-state index in [2.05, 4.69) is 43.0 Å². The zero-order valence-electron chi connectivity index (χ0n) is 17.8. The molecule has 5 heteroatoms. The van der Waals surface area contributed by atoms with Crippen molar-refractivity contribution in [1.29, 1.82) is 0 Å². The summed E-state index contributed by atoms with van der Waals surface area (Å²) in [6.07, 6.45) is 2.08. The summed E-state index contributed by atoms with van der Waals surface area (Å²) < 4.78 is 5.36. The van der Waals surface area contributed by atoms with Crippen LogP contribution in [0.2, 0.25) is 5.02 Å². The van der Waals surface area contributed by atoms with Gasteiger partial charge in [-0.3, -0.25) is 0 Å². The molecular weight excluding hydrogens is 412 g/mol. The number of benzene rings is 2. The highest BCUT2D eigenvalue weighted by atomic mass is 35.5. The van der Waals surface area contributed by atoms with E-state index in [9.17, 15) is 0 Å². The lowest BCUT2D eigenvalue weighted by Gasteiger charge is -2.10. The third-order valence-electron chi connectivity index (χ3n) is 5.01. The van der Waals surface area contributed by atoms with Gasteiger partial charge in [-0.05, 0) is 43.5 Å². The Balaban J connectivity index is 1.88. The van der Waals surface area contributed by atoms with E-state index in [0.717, 1.165) is 45.3 Å². The van der Waals surface area contributed by atoms with Crippen LogP contribution < -0.4 is 10.5 Å². The molecule has 3 rings (SSSR count). The number of aryl methyl sites for hydroxylation is 2. The Morgan fingerprint density at radius 2 is 1.90 bits per heavy atom. The number of rotatable bonds is 6. The van der Waals surface area contributed by atoms with Crippen molar-refractivity contribution in [3.63, 3.8) is 0 Å². The number of ether oxygens (including phenoxy) is 1. The van der Waals surface area contributed by atoms with Gasteiger partial charge in [-0.25, -0.2) is 4.98 Å². The molecule has 1 aromatic heterocycles. The molecule has 0 aliphatic carbocycles. The summed E-state index contributed by atoms with van der Waals surface area (Å²) in [6, 6.07) is 13.8. The fourth-order valence-electron chi connectivity index (χ4n) is 3.41.